The van der Waals surface area contributed by atoms with Crippen molar-refractivity contribution in [3.05, 3.63) is 66.2 Å². The lowest BCUT2D eigenvalue weighted by atomic mass is 10.1. The number of aromatic nitrogens is 4. The Hall–Kier alpha value is -4.23. The fourth-order valence-electron chi connectivity index (χ4n) is 3.58. The van der Waals surface area contributed by atoms with Gasteiger partial charge in [-0.2, -0.15) is 13.2 Å². The van der Waals surface area contributed by atoms with Crippen LogP contribution in [0.4, 0.5) is 35.2 Å². The highest BCUT2D eigenvalue weighted by Crippen LogP contribution is 2.34. The molecule has 0 aliphatic carbocycles. The van der Waals surface area contributed by atoms with E-state index in [1.165, 1.54) is 18.5 Å². The first-order valence-corrected chi connectivity index (χ1v) is 10.9. The van der Waals surface area contributed by atoms with E-state index < -0.39 is 17.8 Å². The molecule has 0 fully saturated rings. The molecule has 0 aliphatic heterocycles. The van der Waals surface area contributed by atoms with Crippen LogP contribution < -0.4 is 21.3 Å². The van der Waals surface area contributed by atoms with E-state index in [4.69, 9.17) is 5.11 Å². The third-order valence-corrected chi connectivity index (χ3v) is 5.25. The summed E-state index contributed by atoms with van der Waals surface area (Å²) < 4.78 is 42.2. The number of hydrogen-bond acceptors (Lipinski definition) is 7. The number of rotatable bonds is 8. The molecule has 2 aromatic carbocycles. The van der Waals surface area contributed by atoms with Crippen LogP contribution in [-0.2, 0) is 12.7 Å². The summed E-state index contributed by atoms with van der Waals surface area (Å²) in [6, 6.07) is 9.65. The third-order valence-electron chi connectivity index (χ3n) is 5.25. The average molecular weight is 500 g/mol. The maximum absolute atomic E-state index is 13.5. The number of urea groups is 1. The molecule has 2 amide bonds. The molecule has 0 unspecified atom stereocenters. The number of fused-ring (bicyclic) bond motifs is 1. The molecule has 10 nitrogen and oxygen atoms in total. The number of halogens is 3. The number of nitrogens with zero attached hydrogens (tertiary/aromatic N) is 4. The van der Waals surface area contributed by atoms with E-state index in [0.29, 0.717) is 22.7 Å². The first kappa shape index (κ1) is 24.9. The van der Waals surface area contributed by atoms with Crippen LogP contribution in [0.15, 0.2) is 55.1 Å². The highest BCUT2D eigenvalue weighted by molar-refractivity contribution is 5.99. The van der Waals surface area contributed by atoms with Crippen LogP contribution in [0.2, 0.25) is 0 Å². The number of hydrogen-bond donors (Lipinski definition) is 5. The van der Waals surface area contributed by atoms with Crippen molar-refractivity contribution in [3.8, 4) is 5.69 Å². The van der Waals surface area contributed by atoms with E-state index in [0.717, 1.165) is 11.8 Å². The van der Waals surface area contributed by atoms with Crippen LogP contribution in [0.5, 0.6) is 0 Å². The number of imidazole rings is 1. The second-order valence-electron chi connectivity index (χ2n) is 7.66. The first-order valence-electron chi connectivity index (χ1n) is 10.9. The zero-order valence-corrected chi connectivity index (χ0v) is 19.1. The normalized spacial score (nSPS) is 11.5. The Morgan fingerprint density at radius 2 is 1.75 bits per heavy atom. The molecule has 0 spiro atoms. The summed E-state index contributed by atoms with van der Waals surface area (Å²) in [5.74, 6) is 0.594. The summed E-state index contributed by atoms with van der Waals surface area (Å²) in [4.78, 5) is 25.1. The number of aliphatic hydroxyl groups excluding tert-OH is 1. The lowest BCUT2D eigenvalue weighted by Crippen LogP contribution is -2.22. The van der Waals surface area contributed by atoms with E-state index in [9.17, 15) is 18.0 Å². The van der Waals surface area contributed by atoms with Crippen LogP contribution in [0.25, 0.3) is 16.9 Å². The molecule has 0 saturated heterocycles. The second-order valence-corrected chi connectivity index (χ2v) is 7.66. The lowest BCUT2D eigenvalue weighted by Gasteiger charge is -2.16. The smallest absolute Gasteiger partial charge is 0.395 e. The van der Waals surface area contributed by atoms with Crippen LogP contribution >= 0.6 is 0 Å². The Kier molecular flexibility index (Phi) is 7.31. The number of carbonyl (C=O) groups excluding carboxylic acids is 1. The Morgan fingerprint density at radius 1 is 1.03 bits per heavy atom. The minimum atomic E-state index is -4.60. The number of benzene rings is 2. The maximum atomic E-state index is 13.5. The van der Waals surface area contributed by atoms with E-state index in [-0.39, 0.29) is 30.9 Å². The van der Waals surface area contributed by atoms with Crippen molar-refractivity contribution in [1.82, 2.24) is 24.8 Å². The van der Waals surface area contributed by atoms with Gasteiger partial charge in [-0.25, -0.2) is 19.7 Å². The number of aliphatic hydroxyl groups is 1. The molecule has 13 heteroatoms. The molecule has 5 N–H and O–H groups in total. The molecule has 0 atom stereocenters. The SMILES string of the molecule is CNc1ncnc2c1ncn2-c1ccc(NC(=O)Nc2ccc(CNCCO)c(C(F)(F)F)c2)cc1. The van der Waals surface area contributed by atoms with Gasteiger partial charge in [-0.3, -0.25) is 4.57 Å². The van der Waals surface area contributed by atoms with E-state index in [1.807, 2.05) is 0 Å². The van der Waals surface area contributed by atoms with Crippen LogP contribution in [-0.4, -0.2) is 50.9 Å². The van der Waals surface area contributed by atoms with E-state index in [1.54, 1.807) is 42.2 Å². The standard InChI is InChI=1S/C23H23F3N8O2/c1-27-20-19-21(30-12-29-20)34(13-31-19)17-6-4-15(5-7-17)32-22(36)33-16-3-2-14(11-28-8-9-35)18(10-16)23(24,25)26/h2-7,10,12-13,28,35H,8-9,11H2,1H3,(H,27,29,30)(H2,32,33,36). The molecule has 4 rings (SSSR count). The van der Waals surface area contributed by atoms with Gasteiger partial charge in [-0.1, -0.05) is 6.07 Å². The predicted molar refractivity (Wildman–Crippen MR) is 129 cm³/mol. The van der Waals surface area contributed by atoms with Gasteiger partial charge in [0.2, 0.25) is 0 Å². The summed E-state index contributed by atoms with van der Waals surface area (Å²) in [6.07, 6.45) is -1.57. The van der Waals surface area contributed by atoms with Gasteiger partial charge in [0, 0.05) is 37.2 Å². The number of carbonyl (C=O) groups is 1. The molecule has 0 saturated carbocycles. The number of amides is 2. The van der Waals surface area contributed by atoms with Gasteiger partial charge in [-0.05, 0) is 42.0 Å². The van der Waals surface area contributed by atoms with Gasteiger partial charge in [0.15, 0.2) is 17.0 Å². The zero-order valence-electron chi connectivity index (χ0n) is 19.1. The molecule has 2 heterocycles. The number of nitrogens with one attached hydrogen (secondary N) is 4. The maximum Gasteiger partial charge on any atom is 0.416 e. The van der Waals surface area contributed by atoms with Gasteiger partial charge in [-0.15, -0.1) is 0 Å². The van der Waals surface area contributed by atoms with Crippen molar-refractivity contribution in [2.24, 2.45) is 0 Å². The van der Waals surface area contributed by atoms with Gasteiger partial charge >= 0.3 is 12.2 Å². The zero-order chi connectivity index (χ0) is 25.7. The molecular formula is C23H23F3N8O2. The molecule has 0 radical (unpaired) electrons. The molecule has 188 valence electrons. The van der Waals surface area contributed by atoms with Gasteiger partial charge < -0.3 is 26.4 Å². The van der Waals surface area contributed by atoms with Crippen LogP contribution in [0.1, 0.15) is 11.1 Å². The minimum absolute atomic E-state index is 0.00717. The molecule has 0 aliphatic rings. The summed E-state index contributed by atoms with van der Waals surface area (Å²) in [7, 11) is 1.74. The van der Waals surface area contributed by atoms with Crippen LogP contribution in [0.3, 0.4) is 0 Å². The van der Waals surface area contributed by atoms with Crippen molar-refractivity contribution < 1.29 is 23.1 Å². The predicted octanol–water partition coefficient (Wildman–Crippen LogP) is 3.60. The highest BCUT2D eigenvalue weighted by atomic mass is 19.4. The quantitative estimate of drug-likeness (QED) is 0.234. The van der Waals surface area contributed by atoms with Crippen molar-refractivity contribution >= 4 is 34.4 Å². The average Bonchev–Trinajstić information content (AvgIpc) is 3.29. The van der Waals surface area contributed by atoms with Crippen molar-refractivity contribution in [3.63, 3.8) is 0 Å². The summed E-state index contributed by atoms with van der Waals surface area (Å²) in [6.45, 7) is -0.0876. The number of anilines is 3. The van der Waals surface area contributed by atoms with Gasteiger partial charge in [0.25, 0.3) is 0 Å². The van der Waals surface area contributed by atoms with E-state index in [2.05, 4.69) is 36.2 Å². The Labute approximate surface area is 203 Å². The topological polar surface area (TPSA) is 129 Å². The fourth-order valence-corrected chi connectivity index (χ4v) is 3.58. The molecule has 36 heavy (non-hydrogen) atoms. The molecule has 0 bridgehead atoms. The van der Waals surface area contributed by atoms with Gasteiger partial charge in [0.05, 0.1) is 12.2 Å². The third kappa shape index (κ3) is 5.53. The van der Waals surface area contributed by atoms with E-state index >= 15 is 0 Å². The summed E-state index contributed by atoms with van der Waals surface area (Å²) in [5, 5.41) is 19.5. The fraction of sp³-hybridized carbons (Fsp3) is 0.217. The molecular weight excluding hydrogens is 477 g/mol. The highest BCUT2D eigenvalue weighted by Gasteiger charge is 2.33. The first-order chi connectivity index (χ1) is 17.3. The number of alkyl halides is 3. The Balaban J connectivity index is 1.45. The van der Waals surface area contributed by atoms with Crippen molar-refractivity contribution in [1.29, 1.82) is 0 Å². The molecule has 2 aromatic heterocycles. The largest absolute Gasteiger partial charge is 0.416 e. The van der Waals surface area contributed by atoms with Crippen LogP contribution in [0, 0.1) is 0 Å². The Morgan fingerprint density at radius 3 is 2.44 bits per heavy atom. The van der Waals surface area contributed by atoms with Crippen molar-refractivity contribution in [2.45, 2.75) is 12.7 Å². The monoisotopic (exact) mass is 500 g/mol. The second kappa shape index (κ2) is 10.6. The Bertz CT molecular complexity index is 1360. The molecule has 4 aromatic rings. The summed E-state index contributed by atoms with van der Waals surface area (Å²) >= 11 is 0. The minimum Gasteiger partial charge on any atom is -0.395 e. The van der Waals surface area contributed by atoms with Crippen molar-refractivity contribution in [2.75, 3.05) is 36.1 Å². The lowest BCUT2D eigenvalue weighted by molar-refractivity contribution is -0.138. The summed E-state index contributed by atoms with van der Waals surface area (Å²) in [5.41, 5.74) is 1.52. The van der Waals surface area contributed by atoms with Gasteiger partial charge in [0.1, 0.15) is 12.7 Å².